The Morgan fingerprint density at radius 1 is 0.971 bits per heavy atom. The predicted octanol–water partition coefficient (Wildman–Crippen LogP) is 6.41. The number of nitrogens with zero attached hydrogens (tertiary/aromatic N) is 2. The highest BCUT2D eigenvalue weighted by atomic mass is 32.2. The summed E-state index contributed by atoms with van der Waals surface area (Å²) in [5, 5.41) is 10.4. The largest absolute Gasteiger partial charge is 0.478 e. The van der Waals surface area contributed by atoms with E-state index in [0.29, 0.717) is 16.3 Å². The Hall–Kier alpha value is -3.68. The van der Waals surface area contributed by atoms with E-state index < -0.39 is 5.97 Å². The van der Waals surface area contributed by atoms with E-state index in [2.05, 4.69) is 0 Å². The number of thioether (sulfide) groups is 1. The van der Waals surface area contributed by atoms with Crippen LogP contribution in [0.3, 0.4) is 0 Å². The van der Waals surface area contributed by atoms with Gasteiger partial charge in [0.25, 0.3) is 5.56 Å². The van der Waals surface area contributed by atoms with Crippen LogP contribution in [-0.4, -0.2) is 20.6 Å². The normalized spacial score (nSPS) is 11.1. The summed E-state index contributed by atoms with van der Waals surface area (Å²) in [6.07, 6.45) is 0. The van der Waals surface area contributed by atoms with Gasteiger partial charge in [0.05, 0.1) is 16.6 Å². The Morgan fingerprint density at radius 3 is 2.26 bits per heavy atom. The molecular weight excluding hydrogens is 464 g/mol. The van der Waals surface area contributed by atoms with Crippen LogP contribution >= 0.6 is 23.1 Å². The molecule has 3 aromatic carbocycles. The molecule has 1 N–H and O–H groups in total. The lowest BCUT2D eigenvalue weighted by Gasteiger charge is -2.13. The molecule has 0 saturated heterocycles. The second kappa shape index (κ2) is 9.29. The lowest BCUT2D eigenvalue weighted by molar-refractivity contribution is 0.0697. The van der Waals surface area contributed by atoms with Crippen LogP contribution in [0.25, 0.3) is 27.0 Å². The van der Waals surface area contributed by atoms with E-state index >= 15 is 0 Å². The first-order valence-corrected chi connectivity index (χ1v) is 12.4. The third-order valence-electron chi connectivity index (χ3n) is 5.52. The zero-order valence-corrected chi connectivity index (χ0v) is 19.9. The fourth-order valence-corrected chi connectivity index (χ4v) is 5.94. The molecule has 0 radical (unpaired) electrons. The minimum absolute atomic E-state index is 0.0943. The van der Waals surface area contributed by atoms with Gasteiger partial charge in [-0.25, -0.2) is 9.78 Å². The number of thiophene rings is 1. The van der Waals surface area contributed by atoms with Crippen LogP contribution in [0.1, 0.15) is 20.8 Å². The topological polar surface area (TPSA) is 72.2 Å². The van der Waals surface area contributed by atoms with Crippen molar-refractivity contribution in [3.05, 3.63) is 111 Å². The lowest BCUT2D eigenvalue weighted by Crippen LogP contribution is -2.21. The number of fused-ring (bicyclic) bond motifs is 1. The Kier molecular flexibility index (Phi) is 6.04. The maximum Gasteiger partial charge on any atom is 0.335 e. The summed E-state index contributed by atoms with van der Waals surface area (Å²) < 4.78 is 1.68. The Labute approximate surface area is 204 Å². The second-order valence-corrected chi connectivity index (χ2v) is 9.89. The quantitative estimate of drug-likeness (QED) is 0.223. The number of aryl methyl sites for hydroxylation is 1. The van der Waals surface area contributed by atoms with Crippen molar-refractivity contribution in [3.63, 3.8) is 0 Å². The molecule has 0 saturated carbocycles. The van der Waals surface area contributed by atoms with Crippen LogP contribution in [0.15, 0.2) is 94.9 Å². The molecule has 0 atom stereocenters. The number of hydrogen-bond donors (Lipinski definition) is 1. The van der Waals surface area contributed by atoms with E-state index in [1.54, 1.807) is 28.8 Å². The molecule has 0 fully saturated rings. The summed E-state index contributed by atoms with van der Waals surface area (Å²) in [6, 6.07) is 26.3. The summed E-state index contributed by atoms with van der Waals surface area (Å²) >= 11 is 2.99. The van der Waals surface area contributed by atoms with Gasteiger partial charge in [0.1, 0.15) is 4.83 Å². The summed E-state index contributed by atoms with van der Waals surface area (Å²) in [7, 11) is 0. The molecule has 0 bridgehead atoms. The molecule has 0 aliphatic carbocycles. The number of carboxylic acid groups (broad SMARTS) is 1. The van der Waals surface area contributed by atoms with Crippen molar-refractivity contribution >= 4 is 39.3 Å². The van der Waals surface area contributed by atoms with Gasteiger partial charge in [0.15, 0.2) is 5.16 Å². The van der Waals surface area contributed by atoms with Crippen molar-refractivity contribution in [1.29, 1.82) is 0 Å². The SMILES string of the molecule is Cc1sc2nc(SCc3ccc(C(=O)O)cc3)n(-c3ccccc3)c(=O)c2c1-c1ccccc1. The fourth-order valence-electron chi connectivity index (χ4n) is 3.89. The molecule has 5 aromatic rings. The van der Waals surface area contributed by atoms with Gasteiger partial charge in [-0.15, -0.1) is 11.3 Å². The Bertz CT molecular complexity index is 1540. The highest BCUT2D eigenvalue weighted by Crippen LogP contribution is 2.37. The number of aromatic carboxylic acids is 1. The number of carbonyl (C=O) groups is 1. The van der Waals surface area contributed by atoms with Gasteiger partial charge in [0.2, 0.25) is 0 Å². The molecule has 34 heavy (non-hydrogen) atoms. The minimum atomic E-state index is -0.952. The lowest BCUT2D eigenvalue weighted by atomic mass is 10.0. The minimum Gasteiger partial charge on any atom is -0.478 e. The average molecular weight is 485 g/mol. The average Bonchev–Trinajstić information content (AvgIpc) is 3.20. The van der Waals surface area contributed by atoms with Crippen LogP contribution < -0.4 is 5.56 Å². The molecule has 2 aromatic heterocycles. The highest BCUT2D eigenvalue weighted by molar-refractivity contribution is 7.98. The molecular formula is C27H20N2O3S2. The van der Waals surface area contributed by atoms with Crippen LogP contribution in [0, 0.1) is 6.92 Å². The Balaban J connectivity index is 1.64. The second-order valence-electron chi connectivity index (χ2n) is 7.74. The predicted molar refractivity (Wildman–Crippen MR) is 138 cm³/mol. The fraction of sp³-hybridized carbons (Fsp3) is 0.0741. The summed E-state index contributed by atoms with van der Waals surface area (Å²) in [6.45, 7) is 2.03. The van der Waals surface area contributed by atoms with Crippen molar-refractivity contribution in [2.45, 2.75) is 17.8 Å². The van der Waals surface area contributed by atoms with Crippen LogP contribution in [-0.2, 0) is 5.75 Å². The number of carboxylic acids is 1. The molecule has 0 aliphatic rings. The number of para-hydroxylation sites is 1. The molecule has 0 aliphatic heterocycles. The zero-order chi connectivity index (χ0) is 23.7. The maximum atomic E-state index is 13.9. The summed E-state index contributed by atoms with van der Waals surface area (Å²) in [5.74, 6) is -0.396. The van der Waals surface area contributed by atoms with Crippen molar-refractivity contribution in [2.75, 3.05) is 0 Å². The van der Waals surface area contributed by atoms with E-state index in [4.69, 9.17) is 10.1 Å². The van der Waals surface area contributed by atoms with Crippen molar-refractivity contribution < 1.29 is 9.90 Å². The maximum absolute atomic E-state index is 13.9. The number of hydrogen-bond acceptors (Lipinski definition) is 5. The third kappa shape index (κ3) is 4.16. The molecule has 0 unspecified atom stereocenters. The van der Waals surface area contributed by atoms with E-state index in [9.17, 15) is 9.59 Å². The van der Waals surface area contributed by atoms with Gasteiger partial charge in [-0.3, -0.25) is 9.36 Å². The Morgan fingerprint density at radius 2 is 1.62 bits per heavy atom. The highest BCUT2D eigenvalue weighted by Gasteiger charge is 2.21. The van der Waals surface area contributed by atoms with Gasteiger partial charge in [-0.2, -0.15) is 0 Å². The van der Waals surface area contributed by atoms with E-state index in [1.807, 2.05) is 67.6 Å². The van der Waals surface area contributed by atoms with Crippen LogP contribution in [0.5, 0.6) is 0 Å². The van der Waals surface area contributed by atoms with Crippen molar-refractivity contribution in [2.24, 2.45) is 0 Å². The summed E-state index contributed by atoms with van der Waals surface area (Å²) in [5.41, 5.74) is 3.80. The van der Waals surface area contributed by atoms with E-state index in [1.165, 1.54) is 23.1 Å². The van der Waals surface area contributed by atoms with Gasteiger partial charge in [-0.1, -0.05) is 72.4 Å². The van der Waals surface area contributed by atoms with Crippen molar-refractivity contribution in [1.82, 2.24) is 9.55 Å². The van der Waals surface area contributed by atoms with Gasteiger partial charge in [0, 0.05) is 16.2 Å². The smallest absolute Gasteiger partial charge is 0.335 e. The van der Waals surface area contributed by atoms with Gasteiger partial charge in [-0.05, 0) is 42.3 Å². The molecule has 168 valence electrons. The standard InChI is InChI=1S/C27H20N2O3S2/c1-17-22(19-8-4-2-5-9-19)23-24(34-17)28-27(29(25(23)30)21-10-6-3-7-11-21)33-16-18-12-14-20(15-13-18)26(31)32/h2-15H,16H2,1H3,(H,31,32). The monoisotopic (exact) mass is 484 g/mol. The number of aromatic nitrogens is 2. The third-order valence-corrected chi connectivity index (χ3v) is 7.53. The molecule has 0 spiro atoms. The number of benzene rings is 3. The number of rotatable bonds is 6. The van der Waals surface area contributed by atoms with E-state index in [-0.39, 0.29) is 11.1 Å². The molecule has 5 nitrogen and oxygen atoms in total. The summed E-state index contributed by atoms with van der Waals surface area (Å²) in [4.78, 5) is 31.8. The first kappa shape index (κ1) is 22.1. The first-order valence-electron chi connectivity index (χ1n) is 10.6. The molecule has 0 amide bonds. The zero-order valence-electron chi connectivity index (χ0n) is 18.3. The molecule has 7 heteroatoms. The first-order chi connectivity index (χ1) is 16.5. The van der Waals surface area contributed by atoms with Crippen molar-refractivity contribution in [3.8, 4) is 16.8 Å². The van der Waals surface area contributed by atoms with Gasteiger partial charge >= 0.3 is 5.97 Å². The molecule has 2 heterocycles. The van der Waals surface area contributed by atoms with Crippen LogP contribution in [0.4, 0.5) is 0 Å². The van der Waals surface area contributed by atoms with E-state index in [0.717, 1.165) is 32.1 Å². The van der Waals surface area contributed by atoms with Crippen LogP contribution in [0.2, 0.25) is 0 Å². The molecule has 5 rings (SSSR count). The van der Waals surface area contributed by atoms with Gasteiger partial charge < -0.3 is 5.11 Å².